The number of thiocarbonyl (C=S) groups is 1. The molecular weight excluding hydrogens is 270 g/mol. The highest BCUT2D eigenvalue weighted by molar-refractivity contribution is 8.26. The Bertz CT molecular complexity index is 381. The highest BCUT2D eigenvalue weighted by Crippen LogP contribution is 2.33. The van der Waals surface area contributed by atoms with E-state index in [1.807, 2.05) is 0 Å². The number of rotatable bonds is 4. The quantitative estimate of drug-likeness (QED) is 0.483. The van der Waals surface area contributed by atoms with E-state index in [0.717, 1.165) is 22.2 Å². The minimum atomic E-state index is -1.08. The molecule has 0 bridgehead atoms. The van der Waals surface area contributed by atoms with Crippen molar-refractivity contribution >= 4 is 51.8 Å². The summed E-state index contributed by atoms with van der Waals surface area (Å²) in [7, 11) is 0. The molecule has 0 saturated carbocycles. The molecule has 0 aromatic heterocycles. The first kappa shape index (κ1) is 13.5. The number of nitrogens with zero attached hydrogens (tertiary/aromatic N) is 1. The first-order chi connectivity index (χ1) is 7.47. The van der Waals surface area contributed by atoms with E-state index >= 15 is 0 Å². The maximum Gasteiger partial charge on any atom is 0.323 e. The number of amides is 1. The van der Waals surface area contributed by atoms with Crippen LogP contribution in [0.1, 0.15) is 13.3 Å². The second-order valence-corrected chi connectivity index (χ2v) is 5.22. The first-order valence-corrected chi connectivity index (χ1v) is 6.24. The van der Waals surface area contributed by atoms with Crippen LogP contribution in [0.4, 0.5) is 0 Å². The molecule has 1 amide bonds. The molecule has 0 atom stereocenters. The van der Waals surface area contributed by atoms with Gasteiger partial charge in [-0.05, 0) is 13.3 Å². The summed E-state index contributed by atoms with van der Waals surface area (Å²) < 4.78 is 0.288. The maximum atomic E-state index is 11.8. The lowest BCUT2D eigenvalue weighted by Gasteiger charge is -2.10. The molecule has 1 N–H and O–H groups in total. The minimum Gasteiger partial charge on any atom is -0.480 e. The van der Waals surface area contributed by atoms with Gasteiger partial charge >= 0.3 is 5.97 Å². The van der Waals surface area contributed by atoms with Crippen molar-refractivity contribution in [2.75, 3.05) is 12.4 Å². The summed E-state index contributed by atoms with van der Waals surface area (Å²) in [5, 5.41) is 8.64. The highest BCUT2D eigenvalue weighted by Gasteiger charge is 2.34. The van der Waals surface area contributed by atoms with Gasteiger partial charge in [0.25, 0.3) is 5.91 Å². The van der Waals surface area contributed by atoms with E-state index in [2.05, 4.69) is 0 Å². The predicted molar refractivity (Wildman–Crippen MR) is 67.6 cm³/mol. The zero-order valence-corrected chi connectivity index (χ0v) is 10.9. The van der Waals surface area contributed by atoms with Crippen molar-refractivity contribution in [2.45, 2.75) is 13.3 Å². The van der Waals surface area contributed by atoms with Crippen LogP contribution in [0, 0.1) is 0 Å². The van der Waals surface area contributed by atoms with Crippen LogP contribution in [-0.4, -0.2) is 38.6 Å². The van der Waals surface area contributed by atoms with Crippen LogP contribution >= 0.6 is 35.6 Å². The summed E-state index contributed by atoms with van der Waals surface area (Å²) in [5.41, 5.74) is 0.847. The fourth-order valence-corrected chi connectivity index (χ4v) is 2.78. The van der Waals surface area contributed by atoms with E-state index in [4.69, 9.17) is 28.9 Å². The monoisotopic (exact) mass is 279 g/mol. The van der Waals surface area contributed by atoms with Crippen molar-refractivity contribution in [3.63, 3.8) is 0 Å². The van der Waals surface area contributed by atoms with E-state index < -0.39 is 5.97 Å². The van der Waals surface area contributed by atoms with Crippen molar-refractivity contribution < 1.29 is 14.7 Å². The molecule has 4 nitrogen and oxygen atoms in total. The standard InChI is InChI=1S/C9H10ClNO3S2/c1-5(2-3-10)7-8(14)11(4-6(12)13)9(15)16-7/h2-4H2,1H3,(H,12,13). The zero-order chi connectivity index (χ0) is 12.3. The third kappa shape index (κ3) is 2.96. The van der Waals surface area contributed by atoms with Crippen LogP contribution in [0.5, 0.6) is 0 Å². The molecule has 0 spiro atoms. The molecule has 1 rings (SSSR count). The Morgan fingerprint density at radius 1 is 1.62 bits per heavy atom. The molecular formula is C9H10ClNO3S2. The molecule has 88 valence electrons. The Balaban J connectivity index is 2.89. The Kier molecular flexibility index (Phi) is 4.76. The van der Waals surface area contributed by atoms with Crippen molar-refractivity contribution in [3.05, 3.63) is 10.5 Å². The number of allylic oxidation sites excluding steroid dienone is 1. The molecule has 1 fully saturated rings. The van der Waals surface area contributed by atoms with Gasteiger partial charge in [0.05, 0.1) is 4.91 Å². The molecule has 1 saturated heterocycles. The number of thioether (sulfide) groups is 1. The largest absolute Gasteiger partial charge is 0.480 e. The number of carbonyl (C=O) groups excluding carboxylic acids is 1. The predicted octanol–water partition coefficient (Wildman–Crippen LogP) is 1.83. The van der Waals surface area contributed by atoms with Gasteiger partial charge in [-0.25, -0.2) is 0 Å². The second kappa shape index (κ2) is 5.65. The van der Waals surface area contributed by atoms with Crippen LogP contribution in [0.2, 0.25) is 0 Å². The van der Waals surface area contributed by atoms with Crippen LogP contribution in [-0.2, 0) is 9.59 Å². The number of hydrogen-bond donors (Lipinski definition) is 1. The lowest BCUT2D eigenvalue weighted by atomic mass is 10.2. The Morgan fingerprint density at radius 2 is 2.25 bits per heavy atom. The number of carboxylic acids is 1. The third-order valence-corrected chi connectivity index (χ3v) is 3.78. The average molecular weight is 280 g/mol. The first-order valence-electron chi connectivity index (χ1n) is 4.48. The summed E-state index contributed by atoms with van der Waals surface area (Å²) in [5.74, 6) is -0.984. The summed E-state index contributed by atoms with van der Waals surface area (Å²) in [4.78, 5) is 24.0. The summed E-state index contributed by atoms with van der Waals surface area (Å²) in [6.45, 7) is 1.41. The third-order valence-electron chi connectivity index (χ3n) is 2.00. The number of alkyl halides is 1. The van der Waals surface area contributed by atoms with Gasteiger partial charge in [-0.3, -0.25) is 14.5 Å². The van der Waals surface area contributed by atoms with E-state index in [9.17, 15) is 9.59 Å². The van der Waals surface area contributed by atoms with Gasteiger partial charge < -0.3 is 5.11 Å². The molecule has 1 aliphatic rings. The molecule has 0 aliphatic carbocycles. The van der Waals surface area contributed by atoms with E-state index in [-0.39, 0.29) is 16.8 Å². The molecule has 7 heteroatoms. The highest BCUT2D eigenvalue weighted by atomic mass is 35.5. The normalized spacial score (nSPS) is 19.2. The van der Waals surface area contributed by atoms with Crippen LogP contribution < -0.4 is 0 Å². The fraction of sp³-hybridized carbons (Fsp3) is 0.444. The van der Waals surface area contributed by atoms with Gasteiger partial charge in [0.1, 0.15) is 10.9 Å². The van der Waals surface area contributed by atoms with Crippen LogP contribution in [0.15, 0.2) is 10.5 Å². The van der Waals surface area contributed by atoms with Gasteiger partial charge in [-0.2, -0.15) is 0 Å². The van der Waals surface area contributed by atoms with Crippen molar-refractivity contribution in [1.29, 1.82) is 0 Å². The van der Waals surface area contributed by atoms with Crippen molar-refractivity contribution in [1.82, 2.24) is 4.90 Å². The lowest BCUT2D eigenvalue weighted by molar-refractivity contribution is -0.140. The van der Waals surface area contributed by atoms with E-state index in [1.165, 1.54) is 0 Å². The Morgan fingerprint density at radius 3 is 2.75 bits per heavy atom. The number of carboxylic acid groups (broad SMARTS) is 1. The molecule has 1 aliphatic heterocycles. The Hall–Kier alpha value is -0.590. The number of aliphatic carboxylic acids is 1. The number of halogens is 1. The molecule has 16 heavy (non-hydrogen) atoms. The summed E-state index contributed by atoms with van der Waals surface area (Å²) in [6, 6.07) is 0. The average Bonchev–Trinajstić information content (AvgIpc) is 2.45. The SMILES string of the molecule is CC(CCCl)=C1SC(=S)N(CC(=O)O)C1=O. The van der Waals surface area contributed by atoms with Gasteiger partial charge in [0.2, 0.25) is 0 Å². The summed E-state index contributed by atoms with van der Waals surface area (Å²) >= 11 is 11.7. The zero-order valence-electron chi connectivity index (χ0n) is 8.53. The fourth-order valence-electron chi connectivity index (χ4n) is 1.19. The van der Waals surface area contributed by atoms with Crippen molar-refractivity contribution in [3.8, 4) is 0 Å². The molecule has 0 radical (unpaired) electrons. The topological polar surface area (TPSA) is 57.6 Å². The lowest BCUT2D eigenvalue weighted by Crippen LogP contribution is -2.33. The van der Waals surface area contributed by atoms with Gasteiger partial charge in [0.15, 0.2) is 0 Å². The van der Waals surface area contributed by atoms with Gasteiger partial charge in [0, 0.05) is 5.88 Å². The Labute approximate surface area is 108 Å². The van der Waals surface area contributed by atoms with Crippen LogP contribution in [0.25, 0.3) is 0 Å². The number of hydrogen-bond acceptors (Lipinski definition) is 4. The molecule has 0 aromatic carbocycles. The van der Waals surface area contributed by atoms with Gasteiger partial charge in [-0.1, -0.05) is 29.6 Å². The molecule has 1 heterocycles. The number of carbonyl (C=O) groups is 2. The maximum absolute atomic E-state index is 11.8. The molecule has 0 aromatic rings. The van der Waals surface area contributed by atoms with Crippen LogP contribution in [0.3, 0.4) is 0 Å². The summed E-state index contributed by atoms with van der Waals surface area (Å²) in [6.07, 6.45) is 0.596. The minimum absolute atomic E-state index is 0.288. The van der Waals surface area contributed by atoms with Gasteiger partial charge in [-0.15, -0.1) is 11.6 Å². The van der Waals surface area contributed by atoms with E-state index in [1.54, 1.807) is 6.92 Å². The smallest absolute Gasteiger partial charge is 0.323 e. The molecule has 0 unspecified atom stereocenters. The van der Waals surface area contributed by atoms with E-state index in [0.29, 0.717) is 17.2 Å². The van der Waals surface area contributed by atoms with Crippen molar-refractivity contribution in [2.24, 2.45) is 0 Å². The second-order valence-electron chi connectivity index (χ2n) is 3.20.